The summed E-state index contributed by atoms with van der Waals surface area (Å²) in [7, 11) is 0. The van der Waals surface area contributed by atoms with E-state index in [9.17, 15) is 4.79 Å². The molecule has 1 unspecified atom stereocenters. The lowest BCUT2D eigenvalue weighted by Gasteiger charge is -2.12. The van der Waals surface area contributed by atoms with Crippen LogP contribution in [0.25, 0.3) is 0 Å². The molecular weight excluding hydrogens is 174 g/mol. The third kappa shape index (κ3) is 7.84. The van der Waals surface area contributed by atoms with E-state index < -0.39 is 0 Å². The quantitative estimate of drug-likeness (QED) is 0.493. The van der Waals surface area contributed by atoms with Gasteiger partial charge < -0.3 is 5.32 Å². The van der Waals surface area contributed by atoms with Gasteiger partial charge in [0.25, 0.3) is 0 Å². The standard InChI is InChI=1S/C12H23NO/c1-4-6-8-9-11(3)13-12(14)10-7-5-2/h5,7,11H,4,6,8-10H2,1-3H3,(H,13,14)/b7-5+. The van der Waals surface area contributed by atoms with Crippen LogP contribution in [-0.2, 0) is 4.79 Å². The second-order valence-electron chi connectivity index (χ2n) is 3.74. The van der Waals surface area contributed by atoms with Crippen molar-refractivity contribution >= 4 is 5.91 Å². The van der Waals surface area contributed by atoms with Crippen molar-refractivity contribution in [2.45, 2.75) is 58.9 Å². The van der Waals surface area contributed by atoms with E-state index in [2.05, 4.69) is 19.2 Å². The highest BCUT2D eigenvalue weighted by Crippen LogP contribution is 2.02. The molecule has 82 valence electrons. The number of carbonyl (C=O) groups excluding carboxylic acids is 1. The highest BCUT2D eigenvalue weighted by Gasteiger charge is 2.04. The Labute approximate surface area is 87.8 Å². The SMILES string of the molecule is C/C=C/CC(=O)NC(C)CCCCC. The molecule has 0 aromatic carbocycles. The van der Waals surface area contributed by atoms with Crippen molar-refractivity contribution in [3.8, 4) is 0 Å². The van der Waals surface area contributed by atoms with Crippen LogP contribution in [0.2, 0.25) is 0 Å². The van der Waals surface area contributed by atoms with Gasteiger partial charge >= 0.3 is 0 Å². The number of allylic oxidation sites excluding steroid dienone is 1. The molecule has 0 aliphatic carbocycles. The average Bonchev–Trinajstić information content (AvgIpc) is 2.15. The molecule has 1 amide bonds. The lowest BCUT2D eigenvalue weighted by Crippen LogP contribution is -2.31. The van der Waals surface area contributed by atoms with Crippen molar-refractivity contribution in [2.24, 2.45) is 0 Å². The van der Waals surface area contributed by atoms with Gasteiger partial charge in [-0.1, -0.05) is 38.3 Å². The van der Waals surface area contributed by atoms with Gasteiger partial charge in [-0.15, -0.1) is 0 Å². The second kappa shape index (κ2) is 8.79. The molecule has 0 spiro atoms. The van der Waals surface area contributed by atoms with Gasteiger partial charge in [-0.3, -0.25) is 4.79 Å². The molecule has 0 aliphatic heterocycles. The Morgan fingerprint density at radius 3 is 2.71 bits per heavy atom. The molecule has 0 radical (unpaired) electrons. The molecule has 2 nitrogen and oxygen atoms in total. The summed E-state index contributed by atoms with van der Waals surface area (Å²) >= 11 is 0. The van der Waals surface area contributed by atoms with Gasteiger partial charge in [-0.2, -0.15) is 0 Å². The van der Waals surface area contributed by atoms with E-state index in [1.54, 1.807) is 0 Å². The third-order valence-electron chi connectivity index (χ3n) is 2.19. The number of nitrogens with one attached hydrogen (secondary N) is 1. The van der Waals surface area contributed by atoms with Gasteiger partial charge in [-0.05, 0) is 20.3 Å². The molecule has 0 aromatic rings. The Hall–Kier alpha value is -0.790. The number of unbranched alkanes of at least 4 members (excludes halogenated alkanes) is 2. The molecule has 14 heavy (non-hydrogen) atoms. The maximum absolute atomic E-state index is 11.3. The molecule has 0 bridgehead atoms. The first-order valence-corrected chi connectivity index (χ1v) is 5.61. The molecule has 0 saturated carbocycles. The Balaban J connectivity index is 3.49. The zero-order valence-corrected chi connectivity index (χ0v) is 9.68. The van der Waals surface area contributed by atoms with E-state index in [4.69, 9.17) is 0 Å². The maximum atomic E-state index is 11.3. The predicted molar refractivity (Wildman–Crippen MR) is 61.2 cm³/mol. The van der Waals surface area contributed by atoms with Crippen molar-refractivity contribution in [3.05, 3.63) is 12.2 Å². The lowest BCUT2D eigenvalue weighted by atomic mass is 10.1. The number of hydrogen-bond acceptors (Lipinski definition) is 1. The monoisotopic (exact) mass is 197 g/mol. The average molecular weight is 197 g/mol. The summed E-state index contributed by atoms with van der Waals surface area (Å²) in [4.78, 5) is 11.3. The number of rotatable bonds is 7. The van der Waals surface area contributed by atoms with E-state index in [-0.39, 0.29) is 5.91 Å². The molecule has 0 saturated heterocycles. The Kier molecular flexibility index (Phi) is 8.30. The minimum atomic E-state index is 0.132. The van der Waals surface area contributed by atoms with Crippen molar-refractivity contribution in [3.63, 3.8) is 0 Å². The summed E-state index contributed by atoms with van der Waals surface area (Å²) in [6.07, 6.45) is 9.09. The van der Waals surface area contributed by atoms with Gasteiger partial charge in [0.1, 0.15) is 0 Å². The first kappa shape index (κ1) is 13.2. The fraction of sp³-hybridized carbons (Fsp3) is 0.750. The zero-order valence-electron chi connectivity index (χ0n) is 9.68. The van der Waals surface area contributed by atoms with Crippen LogP contribution in [-0.4, -0.2) is 11.9 Å². The molecule has 0 aromatic heterocycles. The first-order chi connectivity index (χ1) is 6.70. The highest BCUT2D eigenvalue weighted by molar-refractivity contribution is 5.77. The highest BCUT2D eigenvalue weighted by atomic mass is 16.1. The van der Waals surface area contributed by atoms with Gasteiger partial charge in [0.05, 0.1) is 0 Å². The maximum Gasteiger partial charge on any atom is 0.224 e. The van der Waals surface area contributed by atoms with Crippen LogP contribution in [0, 0.1) is 0 Å². The second-order valence-corrected chi connectivity index (χ2v) is 3.74. The van der Waals surface area contributed by atoms with Crippen LogP contribution in [0.1, 0.15) is 52.9 Å². The Bertz CT molecular complexity index is 175. The topological polar surface area (TPSA) is 29.1 Å². The van der Waals surface area contributed by atoms with Crippen molar-refractivity contribution in [1.82, 2.24) is 5.32 Å². The van der Waals surface area contributed by atoms with Gasteiger partial charge in [-0.25, -0.2) is 0 Å². The Morgan fingerprint density at radius 2 is 2.14 bits per heavy atom. The van der Waals surface area contributed by atoms with Crippen LogP contribution in [0.4, 0.5) is 0 Å². The molecule has 1 atom stereocenters. The molecule has 0 rings (SSSR count). The van der Waals surface area contributed by atoms with Gasteiger partial charge in [0.2, 0.25) is 5.91 Å². The number of amides is 1. The van der Waals surface area contributed by atoms with E-state index in [0.29, 0.717) is 12.5 Å². The molecule has 2 heteroatoms. The van der Waals surface area contributed by atoms with E-state index in [1.165, 1.54) is 19.3 Å². The predicted octanol–water partition coefficient (Wildman–Crippen LogP) is 3.04. The van der Waals surface area contributed by atoms with Crippen molar-refractivity contribution in [2.75, 3.05) is 0 Å². The van der Waals surface area contributed by atoms with E-state index in [1.807, 2.05) is 19.1 Å². The van der Waals surface area contributed by atoms with E-state index >= 15 is 0 Å². The van der Waals surface area contributed by atoms with Crippen LogP contribution in [0.15, 0.2) is 12.2 Å². The molecule has 0 aliphatic rings. The van der Waals surface area contributed by atoms with Crippen LogP contribution in [0.3, 0.4) is 0 Å². The lowest BCUT2D eigenvalue weighted by molar-refractivity contribution is -0.120. The minimum Gasteiger partial charge on any atom is -0.353 e. The number of carbonyl (C=O) groups is 1. The summed E-state index contributed by atoms with van der Waals surface area (Å²) in [6.45, 7) is 6.19. The van der Waals surface area contributed by atoms with Crippen LogP contribution >= 0.6 is 0 Å². The minimum absolute atomic E-state index is 0.132. The first-order valence-electron chi connectivity index (χ1n) is 5.61. The molecule has 0 fully saturated rings. The largest absolute Gasteiger partial charge is 0.353 e. The van der Waals surface area contributed by atoms with Gasteiger partial charge in [0.15, 0.2) is 0 Å². The fourth-order valence-corrected chi connectivity index (χ4v) is 1.33. The molecular formula is C12H23NO. The number of hydrogen-bond donors (Lipinski definition) is 1. The summed E-state index contributed by atoms with van der Waals surface area (Å²) < 4.78 is 0. The summed E-state index contributed by atoms with van der Waals surface area (Å²) in [5, 5.41) is 2.98. The normalized spacial score (nSPS) is 13.1. The van der Waals surface area contributed by atoms with Crippen LogP contribution in [0.5, 0.6) is 0 Å². The molecule has 1 N–H and O–H groups in total. The third-order valence-corrected chi connectivity index (χ3v) is 2.19. The summed E-state index contributed by atoms with van der Waals surface area (Å²) in [5.41, 5.74) is 0. The molecule has 0 heterocycles. The van der Waals surface area contributed by atoms with E-state index in [0.717, 1.165) is 6.42 Å². The summed E-state index contributed by atoms with van der Waals surface area (Å²) in [5.74, 6) is 0.132. The summed E-state index contributed by atoms with van der Waals surface area (Å²) in [6, 6.07) is 0.319. The van der Waals surface area contributed by atoms with Crippen LogP contribution < -0.4 is 5.32 Å². The van der Waals surface area contributed by atoms with Crippen molar-refractivity contribution < 1.29 is 4.79 Å². The van der Waals surface area contributed by atoms with Gasteiger partial charge in [0, 0.05) is 12.5 Å². The fourth-order valence-electron chi connectivity index (χ4n) is 1.33. The Morgan fingerprint density at radius 1 is 1.43 bits per heavy atom. The zero-order chi connectivity index (χ0) is 10.8. The van der Waals surface area contributed by atoms with Crippen molar-refractivity contribution in [1.29, 1.82) is 0 Å². The smallest absolute Gasteiger partial charge is 0.224 e.